The molecule has 0 bridgehead atoms. The zero-order chi connectivity index (χ0) is 14.1. The Hall–Kier alpha value is -1.17. The first-order chi connectivity index (χ1) is 9.15. The molecule has 106 valence electrons. The molecule has 0 fully saturated rings. The SMILES string of the molecule is COCCNC(=O)CCNCc1cccc(F)c1Cl. The van der Waals surface area contributed by atoms with Gasteiger partial charge in [0.05, 0.1) is 11.6 Å². The number of benzene rings is 1. The summed E-state index contributed by atoms with van der Waals surface area (Å²) in [6.07, 6.45) is 0.358. The van der Waals surface area contributed by atoms with Gasteiger partial charge in [0.25, 0.3) is 0 Å². The Labute approximate surface area is 117 Å². The van der Waals surface area contributed by atoms with Gasteiger partial charge in [-0.3, -0.25) is 4.79 Å². The molecule has 6 heteroatoms. The molecule has 0 aromatic heterocycles. The number of hydrogen-bond acceptors (Lipinski definition) is 3. The van der Waals surface area contributed by atoms with Crippen LogP contribution in [0.2, 0.25) is 5.02 Å². The average Bonchev–Trinajstić information content (AvgIpc) is 2.39. The molecule has 0 aliphatic heterocycles. The normalized spacial score (nSPS) is 10.5. The summed E-state index contributed by atoms with van der Waals surface area (Å²) in [5, 5.41) is 5.89. The van der Waals surface area contributed by atoms with Gasteiger partial charge in [-0.25, -0.2) is 4.39 Å². The van der Waals surface area contributed by atoms with Gasteiger partial charge in [-0.15, -0.1) is 0 Å². The molecule has 0 aliphatic carbocycles. The molecular weight excluding hydrogens is 271 g/mol. The van der Waals surface area contributed by atoms with Crippen molar-refractivity contribution in [2.24, 2.45) is 0 Å². The lowest BCUT2D eigenvalue weighted by Crippen LogP contribution is -2.30. The second-order valence-electron chi connectivity index (χ2n) is 3.98. The number of nitrogens with one attached hydrogen (secondary N) is 2. The van der Waals surface area contributed by atoms with Crippen molar-refractivity contribution in [3.8, 4) is 0 Å². The first-order valence-electron chi connectivity index (χ1n) is 6.04. The van der Waals surface area contributed by atoms with E-state index < -0.39 is 5.82 Å². The predicted molar refractivity (Wildman–Crippen MR) is 72.6 cm³/mol. The van der Waals surface area contributed by atoms with Crippen molar-refractivity contribution in [3.63, 3.8) is 0 Å². The van der Waals surface area contributed by atoms with E-state index >= 15 is 0 Å². The molecule has 0 spiro atoms. The Morgan fingerprint density at radius 1 is 1.42 bits per heavy atom. The van der Waals surface area contributed by atoms with E-state index in [1.165, 1.54) is 6.07 Å². The summed E-state index contributed by atoms with van der Waals surface area (Å²) in [6, 6.07) is 4.67. The minimum atomic E-state index is -0.432. The van der Waals surface area contributed by atoms with Crippen molar-refractivity contribution in [1.82, 2.24) is 10.6 Å². The number of carbonyl (C=O) groups excluding carboxylic acids is 1. The fraction of sp³-hybridized carbons (Fsp3) is 0.462. The molecule has 0 aliphatic rings. The van der Waals surface area contributed by atoms with Gasteiger partial charge in [0.1, 0.15) is 5.82 Å². The van der Waals surface area contributed by atoms with Crippen LogP contribution >= 0.6 is 11.6 Å². The van der Waals surface area contributed by atoms with E-state index in [2.05, 4.69) is 10.6 Å². The van der Waals surface area contributed by atoms with Crippen LogP contribution in [0.1, 0.15) is 12.0 Å². The van der Waals surface area contributed by atoms with E-state index in [-0.39, 0.29) is 10.9 Å². The Kier molecular flexibility index (Phi) is 7.40. The van der Waals surface area contributed by atoms with Gasteiger partial charge in [0.2, 0.25) is 5.91 Å². The molecule has 1 aromatic carbocycles. The quantitative estimate of drug-likeness (QED) is 0.716. The van der Waals surface area contributed by atoms with Gasteiger partial charge >= 0.3 is 0 Å². The van der Waals surface area contributed by atoms with E-state index in [9.17, 15) is 9.18 Å². The van der Waals surface area contributed by atoms with Gasteiger partial charge in [-0.05, 0) is 11.6 Å². The largest absolute Gasteiger partial charge is 0.383 e. The first-order valence-corrected chi connectivity index (χ1v) is 6.42. The number of ether oxygens (including phenoxy) is 1. The summed E-state index contributed by atoms with van der Waals surface area (Å²) in [4.78, 5) is 11.4. The Bertz CT molecular complexity index is 416. The number of hydrogen-bond donors (Lipinski definition) is 2. The summed E-state index contributed by atoms with van der Waals surface area (Å²) in [6.45, 7) is 1.94. The molecule has 2 N–H and O–H groups in total. The monoisotopic (exact) mass is 288 g/mol. The topological polar surface area (TPSA) is 50.4 Å². The third-order valence-electron chi connectivity index (χ3n) is 2.50. The molecule has 0 unspecified atom stereocenters. The third-order valence-corrected chi connectivity index (χ3v) is 2.93. The lowest BCUT2D eigenvalue weighted by Gasteiger charge is -2.07. The van der Waals surface area contributed by atoms with Gasteiger partial charge in [-0.2, -0.15) is 0 Å². The number of amides is 1. The zero-order valence-corrected chi connectivity index (χ0v) is 11.6. The fourth-order valence-electron chi connectivity index (χ4n) is 1.49. The number of carbonyl (C=O) groups is 1. The second kappa shape index (κ2) is 8.85. The van der Waals surface area contributed by atoms with Crippen LogP contribution in [0.15, 0.2) is 18.2 Å². The van der Waals surface area contributed by atoms with E-state index in [0.717, 1.165) is 0 Å². The van der Waals surface area contributed by atoms with Crippen LogP contribution < -0.4 is 10.6 Å². The molecule has 0 saturated heterocycles. The Balaban J connectivity index is 2.20. The molecule has 0 heterocycles. The highest BCUT2D eigenvalue weighted by molar-refractivity contribution is 6.31. The molecule has 0 saturated carbocycles. The summed E-state index contributed by atoms with van der Waals surface area (Å²) < 4.78 is 18.0. The first kappa shape index (κ1) is 15.9. The molecule has 19 heavy (non-hydrogen) atoms. The van der Waals surface area contributed by atoms with Crippen molar-refractivity contribution >= 4 is 17.5 Å². The molecule has 1 aromatic rings. The molecule has 4 nitrogen and oxygen atoms in total. The number of methoxy groups -OCH3 is 1. The smallest absolute Gasteiger partial charge is 0.221 e. The van der Waals surface area contributed by atoms with Crippen molar-refractivity contribution < 1.29 is 13.9 Å². The Morgan fingerprint density at radius 3 is 2.95 bits per heavy atom. The van der Waals surface area contributed by atoms with Crippen molar-refractivity contribution in [1.29, 1.82) is 0 Å². The van der Waals surface area contributed by atoms with E-state index in [0.29, 0.717) is 38.2 Å². The Morgan fingerprint density at radius 2 is 2.21 bits per heavy atom. The van der Waals surface area contributed by atoms with Gasteiger partial charge in [-0.1, -0.05) is 23.7 Å². The summed E-state index contributed by atoms with van der Waals surface area (Å²) in [5.74, 6) is -0.479. The van der Waals surface area contributed by atoms with E-state index in [4.69, 9.17) is 16.3 Å². The lowest BCUT2D eigenvalue weighted by atomic mass is 10.2. The summed E-state index contributed by atoms with van der Waals surface area (Å²) in [7, 11) is 1.58. The van der Waals surface area contributed by atoms with Crippen molar-refractivity contribution in [3.05, 3.63) is 34.6 Å². The van der Waals surface area contributed by atoms with Crippen LogP contribution in [-0.2, 0) is 16.1 Å². The highest BCUT2D eigenvalue weighted by Crippen LogP contribution is 2.19. The van der Waals surface area contributed by atoms with Gasteiger partial charge in [0, 0.05) is 33.2 Å². The zero-order valence-electron chi connectivity index (χ0n) is 10.8. The van der Waals surface area contributed by atoms with Gasteiger partial charge < -0.3 is 15.4 Å². The van der Waals surface area contributed by atoms with Crippen LogP contribution in [0.5, 0.6) is 0 Å². The van der Waals surface area contributed by atoms with Crippen LogP contribution in [-0.4, -0.2) is 32.7 Å². The van der Waals surface area contributed by atoms with Crippen LogP contribution in [0, 0.1) is 5.82 Å². The third kappa shape index (κ3) is 6.00. The lowest BCUT2D eigenvalue weighted by molar-refractivity contribution is -0.121. The summed E-state index contributed by atoms with van der Waals surface area (Å²) in [5.41, 5.74) is 0.682. The van der Waals surface area contributed by atoms with Crippen LogP contribution in [0.4, 0.5) is 4.39 Å². The fourth-order valence-corrected chi connectivity index (χ4v) is 1.68. The summed E-state index contributed by atoms with van der Waals surface area (Å²) >= 11 is 5.81. The maximum absolute atomic E-state index is 13.2. The van der Waals surface area contributed by atoms with Crippen molar-refractivity contribution in [2.75, 3.05) is 26.8 Å². The standard InChI is InChI=1S/C13H18ClFN2O2/c1-19-8-7-17-12(18)5-6-16-9-10-3-2-4-11(15)13(10)14/h2-4,16H,5-9H2,1H3,(H,17,18). The van der Waals surface area contributed by atoms with Gasteiger partial charge in [0.15, 0.2) is 0 Å². The van der Waals surface area contributed by atoms with Crippen molar-refractivity contribution in [2.45, 2.75) is 13.0 Å². The average molecular weight is 289 g/mol. The molecule has 1 amide bonds. The van der Waals surface area contributed by atoms with E-state index in [1.807, 2.05) is 0 Å². The molecular formula is C13H18ClFN2O2. The highest BCUT2D eigenvalue weighted by Gasteiger charge is 2.05. The maximum Gasteiger partial charge on any atom is 0.221 e. The molecule has 0 radical (unpaired) electrons. The minimum Gasteiger partial charge on any atom is -0.383 e. The minimum absolute atomic E-state index is 0.0464. The number of halogens is 2. The molecule has 0 atom stereocenters. The molecule has 1 rings (SSSR count). The highest BCUT2D eigenvalue weighted by atomic mass is 35.5. The number of rotatable bonds is 8. The maximum atomic E-state index is 13.2. The van der Waals surface area contributed by atoms with Crippen LogP contribution in [0.25, 0.3) is 0 Å². The van der Waals surface area contributed by atoms with E-state index in [1.54, 1.807) is 19.2 Å². The van der Waals surface area contributed by atoms with Crippen LogP contribution in [0.3, 0.4) is 0 Å². The predicted octanol–water partition coefficient (Wildman–Crippen LogP) is 1.72. The second-order valence-corrected chi connectivity index (χ2v) is 4.36.